The van der Waals surface area contributed by atoms with Gasteiger partial charge in [-0.15, -0.1) is 10.2 Å². The van der Waals surface area contributed by atoms with Gasteiger partial charge in [0.15, 0.2) is 0 Å². The predicted octanol–water partition coefficient (Wildman–Crippen LogP) is 11.8. The average molecular weight is 585 g/mol. The molecule has 0 aliphatic heterocycles. The summed E-state index contributed by atoms with van der Waals surface area (Å²) in [6.45, 7) is 4.41. The molecule has 5 aromatic carbocycles. The fraction of sp³-hybridized carbons (Fsp3) is 0.263. The van der Waals surface area contributed by atoms with Crippen molar-refractivity contribution < 1.29 is 9.84 Å². The molecule has 0 aliphatic rings. The molecule has 0 radical (unpaired) electrons. The molecule has 0 amide bonds. The summed E-state index contributed by atoms with van der Waals surface area (Å²) in [4.78, 5) is 0. The summed E-state index contributed by atoms with van der Waals surface area (Å²) in [7, 11) is 0. The van der Waals surface area contributed by atoms with Crippen LogP contribution in [0.3, 0.4) is 0 Å². The number of aryl methyl sites for hydroxylation is 2. The molecule has 0 aliphatic carbocycles. The van der Waals surface area contributed by atoms with Crippen LogP contribution in [0.4, 0.5) is 22.7 Å². The number of rotatable bonds is 14. The minimum atomic E-state index is -1.04. The third-order valence-corrected chi connectivity index (χ3v) is 7.60. The Balaban J connectivity index is 1.23. The largest absolute Gasteiger partial charge is 0.461 e. The molecule has 1 atom stereocenters. The lowest BCUT2D eigenvalue weighted by atomic mass is 10.1. The molecule has 0 spiro atoms. The summed E-state index contributed by atoms with van der Waals surface area (Å²) in [5.41, 5.74) is 6.36. The first kappa shape index (κ1) is 30.8. The van der Waals surface area contributed by atoms with Crippen molar-refractivity contribution in [2.75, 3.05) is 0 Å². The lowest BCUT2D eigenvalue weighted by Gasteiger charge is -2.14. The number of nitrogens with zero attached hydrogens (tertiary/aromatic N) is 4. The minimum absolute atomic E-state index is 0.555. The van der Waals surface area contributed by atoms with Crippen LogP contribution in [0.5, 0.6) is 5.75 Å². The first-order valence-corrected chi connectivity index (χ1v) is 15.6. The van der Waals surface area contributed by atoms with Gasteiger partial charge in [-0.3, -0.25) is 0 Å². The molecule has 5 rings (SSSR count). The van der Waals surface area contributed by atoms with E-state index in [1.165, 1.54) is 43.2 Å². The van der Waals surface area contributed by atoms with Crippen molar-refractivity contribution in [1.29, 1.82) is 0 Å². The van der Waals surface area contributed by atoms with Crippen LogP contribution < -0.4 is 4.74 Å². The van der Waals surface area contributed by atoms with Crippen LogP contribution in [0.15, 0.2) is 130 Å². The molecule has 0 heterocycles. The smallest absolute Gasteiger partial charge is 0.224 e. The number of unbranched alkanes of at least 4 members (excludes halogenated alkanes) is 3. The lowest BCUT2D eigenvalue weighted by Crippen LogP contribution is -2.06. The SMILES string of the molecule is CCCCCc1ccc(C(O)Oc2ccc(/N=N/c3ccc(/N=N/c4ccc(CCCC)cc4)c4ccccc34)cc2)cc1. The van der Waals surface area contributed by atoms with Gasteiger partial charge in [0.1, 0.15) is 5.75 Å². The lowest BCUT2D eigenvalue weighted by molar-refractivity contribution is -0.0194. The normalized spacial score (nSPS) is 12.3. The summed E-state index contributed by atoms with van der Waals surface area (Å²) in [6, 6.07) is 35.3. The van der Waals surface area contributed by atoms with Crippen LogP contribution >= 0.6 is 0 Å². The van der Waals surface area contributed by atoms with Gasteiger partial charge in [0.2, 0.25) is 6.29 Å². The van der Waals surface area contributed by atoms with E-state index in [2.05, 4.69) is 58.6 Å². The molecule has 1 unspecified atom stereocenters. The van der Waals surface area contributed by atoms with Crippen molar-refractivity contribution >= 4 is 33.5 Å². The molecule has 6 heteroatoms. The molecule has 5 aromatic rings. The zero-order chi connectivity index (χ0) is 30.6. The molecule has 224 valence electrons. The summed E-state index contributed by atoms with van der Waals surface area (Å²) >= 11 is 0. The highest BCUT2D eigenvalue weighted by atomic mass is 16.6. The second-order valence-electron chi connectivity index (χ2n) is 11.0. The van der Waals surface area contributed by atoms with Gasteiger partial charge in [-0.05, 0) is 85.3 Å². The highest BCUT2D eigenvalue weighted by Crippen LogP contribution is 2.35. The topological polar surface area (TPSA) is 78.9 Å². The molecule has 0 aromatic heterocycles. The van der Waals surface area contributed by atoms with Gasteiger partial charge < -0.3 is 9.84 Å². The number of benzene rings is 5. The number of hydrogen-bond acceptors (Lipinski definition) is 6. The van der Waals surface area contributed by atoms with E-state index in [4.69, 9.17) is 4.74 Å². The zero-order valence-electron chi connectivity index (χ0n) is 25.6. The summed E-state index contributed by atoms with van der Waals surface area (Å²) in [6.07, 6.45) is 7.09. The minimum Gasteiger partial charge on any atom is -0.461 e. The Labute approximate surface area is 260 Å². The Morgan fingerprint density at radius 3 is 1.59 bits per heavy atom. The van der Waals surface area contributed by atoms with Crippen LogP contribution in [0.25, 0.3) is 10.8 Å². The van der Waals surface area contributed by atoms with Gasteiger partial charge in [-0.25, -0.2) is 0 Å². The third kappa shape index (κ3) is 8.45. The van der Waals surface area contributed by atoms with Crippen LogP contribution in [-0.4, -0.2) is 5.11 Å². The monoisotopic (exact) mass is 584 g/mol. The van der Waals surface area contributed by atoms with E-state index in [0.717, 1.165) is 46.2 Å². The molecule has 6 nitrogen and oxygen atoms in total. The Morgan fingerprint density at radius 1 is 0.545 bits per heavy atom. The fourth-order valence-corrected chi connectivity index (χ4v) is 4.99. The van der Waals surface area contributed by atoms with Gasteiger partial charge in [0.05, 0.1) is 22.7 Å². The van der Waals surface area contributed by atoms with Gasteiger partial charge in [0, 0.05) is 16.3 Å². The number of azo groups is 2. The van der Waals surface area contributed by atoms with E-state index in [1.807, 2.05) is 72.8 Å². The number of ether oxygens (including phenoxy) is 1. The van der Waals surface area contributed by atoms with Crippen LogP contribution in [0, 0.1) is 0 Å². The van der Waals surface area contributed by atoms with E-state index < -0.39 is 6.29 Å². The van der Waals surface area contributed by atoms with Gasteiger partial charge in [0.25, 0.3) is 0 Å². The van der Waals surface area contributed by atoms with E-state index >= 15 is 0 Å². The quantitative estimate of drug-likeness (QED) is 0.0800. The van der Waals surface area contributed by atoms with E-state index in [9.17, 15) is 5.11 Å². The molecular weight excluding hydrogens is 544 g/mol. The molecule has 0 saturated heterocycles. The van der Waals surface area contributed by atoms with Crippen molar-refractivity contribution in [1.82, 2.24) is 0 Å². The number of hydrogen-bond donors (Lipinski definition) is 1. The van der Waals surface area contributed by atoms with Gasteiger partial charge >= 0.3 is 0 Å². The third-order valence-electron chi connectivity index (χ3n) is 7.60. The van der Waals surface area contributed by atoms with E-state index in [1.54, 1.807) is 12.1 Å². The maximum absolute atomic E-state index is 10.6. The summed E-state index contributed by atoms with van der Waals surface area (Å²) < 4.78 is 5.77. The summed E-state index contributed by atoms with van der Waals surface area (Å²) in [5.74, 6) is 0.555. The fourth-order valence-electron chi connectivity index (χ4n) is 4.99. The van der Waals surface area contributed by atoms with Gasteiger partial charge in [-0.1, -0.05) is 93.8 Å². The van der Waals surface area contributed by atoms with Crippen molar-refractivity contribution in [3.63, 3.8) is 0 Å². The average Bonchev–Trinajstić information content (AvgIpc) is 3.07. The second kappa shape index (κ2) is 15.7. The van der Waals surface area contributed by atoms with Crippen molar-refractivity contribution in [2.45, 2.75) is 65.1 Å². The Bertz CT molecular complexity index is 1680. The first-order chi connectivity index (χ1) is 21.6. The Hall–Kier alpha value is -4.68. The maximum atomic E-state index is 10.6. The molecule has 44 heavy (non-hydrogen) atoms. The second-order valence-corrected chi connectivity index (χ2v) is 11.0. The molecule has 0 fully saturated rings. The standard InChI is InChI=1S/C38H40N4O2/c1-3-5-7-11-29-14-18-30(19-15-29)38(43)44-33-24-22-32(23-25-33)40-42-37-27-26-36(34-12-8-9-13-35(34)37)41-39-31-20-16-28(17-21-31)10-6-4-2/h8-9,12-27,38,43H,3-7,10-11H2,1-2H3/b41-39+,42-40+. The number of aliphatic hydroxyl groups excluding tert-OH is 1. The predicted molar refractivity (Wildman–Crippen MR) is 179 cm³/mol. The van der Waals surface area contributed by atoms with Crippen molar-refractivity contribution in [3.8, 4) is 5.75 Å². The number of aliphatic hydroxyl groups is 1. The van der Waals surface area contributed by atoms with E-state index in [-0.39, 0.29) is 0 Å². The van der Waals surface area contributed by atoms with Crippen molar-refractivity contribution in [3.05, 3.63) is 126 Å². The van der Waals surface area contributed by atoms with Crippen LogP contribution in [0.1, 0.15) is 68.9 Å². The van der Waals surface area contributed by atoms with Crippen LogP contribution in [0.2, 0.25) is 0 Å². The maximum Gasteiger partial charge on any atom is 0.224 e. The van der Waals surface area contributed by atoms with Gasteiger partial charge in [-0.2, -0.15) is 10.2 Å². The van der Waals surface area contributed by atoms with E-state index in [0.29, 0.717) is 11.4 Å². The number of fused-ring (bicyclic) bond motifs is 1. The van der Waals surface area contributed by atoms with Crippen LogP contribution in [-0.2, 0) is 12.8 Å². The highest BCUT2D eigenvalue weighted by molar-refractivity contribution is 5.99. The zero-order valence-corrected chi connectivity index (χ0v) is 25.6. The molecule has 0 bridgehead atoms. The molecule has 0 saturated carbocycles. The van der Waals surface area contributed by atoms with Crippen molar-refractivity contribution in [2.24, 2.45) is 20.5 Å². The Morgan fingerprint density at radius 2 is 1.05 bits per heavy atom. The molecular formula is C38H40N4O2. The highest BCUT2D eigenvalue weighted by Gasteiger charge is 2.10. The molecule has 1 N–H and O–H groups in total. The first-order valence-electron chi connectivity index (χ1n) is 15.6. The summed E-state index contributed by atoms with van der Waals surface area (Å²) in [5, 5.41) is 30.5. The Kier molecular flexibility index (Phi) is 11.0.